The number of methoxy groups -OCH3 is 1. The van der Waals surface area contributed by atoms with Crippen molar-refractivity contribution in [1.82, 2.24) is 0 Å². The summed E-state index contributed by atoms with van der Waals surface area (Å²) in [6.45, 7) is 0.768. The highest BCUT2D eigenvalue weighted by molar-refractivity contribution is 6.31. The number of fused-ring (bicyclic) bond motifs is 3. The summed E-state index contributed by atoms with van der Waals surface area (Å²) in [7, 11) is 1.33. The third-order valence-corrected chi connectivity index (χ3v) is 7.97. The molecule has 5 rings (SSSR count). The fourth-order valence-corrected chi connectivity index (χ4v) is 5.84. The molecule has 0 aromatic heterocycles. The van der Waals surface area contributed by atoms with E-state index in [0.717, 1.165) is 0 Å². The monoisotopic (exact) mass is 545 g/mol. The Kier molecular flexibility index (Phi) is 6.92. The molecule has 7 atom stereocenters. The lowest BCUT2D eigenvalue weighted by atomic mass is 9.71. The number of nitrogens with two attached hydrogens (primary N) is 1. The molecule has 1 aliphatic heterocycles. The SMILES string of the molecule is COc1cccc2c1C(=O)c1c(O)c3c(c(O)c1C2=O)C[C@@](O)([C@@H](O)CO)C[C@@H]3OC1CC(N)C(O)C(C)O1. The van der Waals surface area contributed by atoms with E-state index in [1.807, 2.05) is 0 Å². The highest BCUT2D eigenvalue weighted by Gasteiger charge is 2.50. The summed E-state index contributed by atoms with van der Waals surface area (Å²) in [5.74, 6) is -2.68. The van der Waals surface area contributed by atoms with Crippen LogP contribution in [0.2, 0.25) is 0 Å². The van der Waals surface area contributed by atoms with Crippen LogP contribution in [0.25, 0.3) is 0 Å². The van der Waals surface area contributed by atoms with Gasteiger partial charge in [-0.2, -0.15) is 0 Å². The van der Waals surface area contributed by atoms with Gasteiger partial charge in [-0.1, -0.05) is 12.1 Å². The Morgan fingerprint density at radius 2 is 1.85 bits per heavy atom. The maximum Gasteiger partial charge on any atom is 0.202 e. The fraction of sp³-hybridized carbons (Fsp3) is 0.481. The molecule has 0 spiro atoms. The van der Waals surface area contributed by atoms with Crippen molar-refractivity contribution < 1.29 is 54.4 Å². The van der Waals surface area contributed by atoms with Crippen molar-refractivity contribution in [3.05, 3.63) is 51.6 Å². The van der Waals surface area contributed by atoms with Crippen LogP contribution >= 0.6 is 0 Å². The van der Waals surface area contributed by atoms with E-state index in [2.05, 4.69) is 0 Å². The van der Waals surface area contributed by atoms with Crippen LogP contribution < -0.4 is 10.5 Å². The molecule has 210 valence electrons. The zero-order valence-corrected chi connectivity index (χ0v) is 21.3. The van der Waals surface area contributed by atoms with Crippen LogP contribution in [-0.2, 0) is 15.9 Å². The van der Waals surface area contributed by atoms with Gasteiger partial charge in [-0.3, -0.25) is 9.59 Å². The number of hydrogen-bond donors (Lipinski definition) is 7. The van der Waals surface area contributed by atoms with E-state index in [1.54, 1.807) is 6.92 Å². The molecule has 12 nitrogen and oxygen atoms in total. The largest absolute Gasteiger partial charge is 0.507 e. The molecule has 2 aliphatic carbocycles. The highest BCUT2D eigenvalue weighted by atomic mass is 16.7. The number of rotatable bonds is 5. The summed E-state index contributed by atoms with van der Waals surface area (Å²) in [5, 5.41) is 64.4. The second-order valence-electron chi connectivity index (χ2n) is 10.3. The Balaban J connectivity index is 1.68. The van der Waals surface area contributed by atoms with Gasteiger partial charge in [-0.15, -0.1) is 0 Å². The van der Waals surface area contributed by atoms with E-state index in [1.165, 1.54) is 25.3 Å². The first-order chi connectivity index (χ1) is 18.4. The summed E-state index contributed by atoms with van der Waals surface area (Å²) in [6, 6.07) is 3.69. The Labute approximate surface area is 223 Å². The molecule has 1 heterocycles. The number of carbonyl (C=O) groups is 2. The first kappa shape index (κ1) is 27.5. The van der Waals surface area contributed by atoms with Gasteiger partial charge in [0.25, 0.3) is 0 Å². The molecule has 3 aliphatic rings. The lowest BCUT2D eigenvalue weighted by Gasteiger charge is -2.44. The summed E-state index contributed by atoms with van der Waals surface area (Å²) in [6.07, 6.45) is -6.45. The molecule has 12 heteroatoms. The van der Waals surface area contributed by atoms with Crippen molar-refractivity contribution in [2.24, 2.45) is 5.73 Å². The van der Waals surface area contributed by atoms with E-state index < -0.39 is 89.6 Å². The van der Waals surface area contributed by atoms with Crippen LogP contribution in [0.1, 0.15) is 68.8 Å². The Bertz CT molecular complexity index is 1330. The minimum Gasteiger partial charge on any atom is -0.507 e. The molecule has 0 radical (unpaired) electrons. The minimum absolute atomic E-state index is 0.0343. The van der Waals surface area contributed by atoms with Gasteiger partial charge in [0, 0.05) is 42.0 Å². The normalized spacial score (nSPS) is 30.8. The topological polar surface area (TPSA) is 209 Å². The van der Waals surface area contributed by atoms with Gasteiger partial charge >= 0.3 is 0 Å². The predicted octanol–water partition coefficient (Wildman–Crippen LogP) is -0.207. The second kappa shape index (κ2) is 9.82. The number of phenolic OH excluding ortho intramolecular Hbond substituents is 2. The molecule has 8 N–H and O–H groups in total. The van der Waals surface area contributed by atoms with Gasteiger partial charge in [0.1, 0.15) is 23.4 Å². The standard InChI is InChI=1S/C27H31NO11/c1-10-22(31)13(28)6-17(38-10)39-15-8-27(36,16(30)9-29)7-12-19(15)26(35)21-20(24(12)33)23(32)11-4-3-5-14(37-2)18(11)25(21)34/h3-5,10,13,15-17,22,29-31,33,35-36H,6-9,28H2,1-2H3/t10?,13?,15-,16-,17?,22?,27-/m0/s1. The van der Waals surface area contributed by atoms with Gasteiger partial charge in [0.15, 0.2) is 12.1 Å². The average Bonchev–Trinajstić information content (AvgIpc) is 2.90. The van der Waals surface area contributed by atoms with Crippen LogP contribution in [0.15, 0.2) is 18.2 Å². The van der Waals surface area contributed by atoms with E-state index in [-0.39, 0.29) is 40.8 Å². The van der Waals surface area contributed by atoms with Crippen molar-refractivity contribution >= 4 is 11.6 Å². The van der Waals surface area contributed by atoms with Gasteiger partial charge in [-0.05, 0) is 13.0 Å². The van der Waals surface area contributed by atoms with Gasteiger partial charge in [0.2, 0.25) is 5.78 Å². The molecule has 2 aromatic rings. The van der Waals surface area contributed by atoms with Gasteiger partial charge < -0.3 is 50.6 Å². The highest BCUT2D eigenvalue weighted by Crippen LogP contribution is 2.52. The summed E-state index contributed by atoms with van der Waals surface area (Å²) < 4.78 is 17.1. The van der Waals surface area contributed by atoms with Crippen LogP contribution in [0.4, 0.5) is 0 Å². The zero-order valence-electron chi connectivity index (χ0n) is 21.3. The van der Waals surface area contributed by atoms with Crippen molar-refractivity contribution in [1.29, 1.82) is 0 Å². The van der Waals surface area contributed by atoms with Gasteiger partial charge in [-0.25, -0.2) is 0 Å². The maximum absolute atomic E-state index is 13.7. The number of carbonyl (C=O) groups excluding carboxylic acids is 2. The summed E-state index contributed by atoms with van der Waals surface area (Å²) >= 11 is 0. The van der Waals surface area contributed by atoms with E-state index in [9.17, 15) is 40.2 Å². The molecular weight excluding hydrogens is 514 g/mol. The number of ether oxygens (including phenoxy) is 3. The Morgan fingerprint density at radius 3 is 2.49 bits per heavy atom. The molecule has 0 amide bonds. The first-order valence-electron chi connectivity index (χ1n) is 12.6. The van der Waals surface area contributed by atoms with Crippen molar-refractivity contribution in [2.75, 3.05) is 13.7 Å². The second-order valence-corrected chi connectivity index (χ2v) is 10.3. The molecule has 0 saturated carbocycles. The first-order valence-corrected chi connectivity index (χ1v) is 12.6. The number of hydrogen-bond acceptors (Lipinski definition) is 12. The Morgan fingerprint density at radius 1 is 1.15 bits per heavy atom. The third-order valence-electron chi connectivity index (χ3n) is 7.97. The number of ketones is 2. The van der Waals surface area contributed by atoms with Gasteiger partial charge in [0.05, 0.1) is 54.3 Å². The molecule has 4 unspecified atom stereocenters. The van der Waals surface area contributed by atoms with Crippen LogP contribution in [0, 0.1) is 0 Å². The summed E-state index contributed by atoms with van der Waals surface area (Å²) in [4.78, 5) is 27.2. The summed E-state index contributed by atoms with van der Waals surface area (Å²) in [5.41, 5.74) is 2.77. The maximum atomic E-state index is 13.7. The zero-order chi connectivity index (χ0) is 28.4. The van der Waals surface area contributed by atoms with Crippen LogP contribution in [0.3, 0.4) is 0 Å². The van der Waals surface area contributed by atoms with E-state index in [4.69, 9.17) is 19.9 Å². The van der Waals surface area contributed by atoms with Crippen LogP contribution in [0.5, 0.6) is 17.2 Å². The van der Waals surface area contributed by atoms with Crippen molar-refractivity contribution in [3.63, 3.8) is 0 Å². The third kappa shape index (κ3) is 4.19. The molecule has 2 aromatic carbocycles. The van der Waals surface area contributed by atoms with Crippen molar-refractivity contribution in [2.45, 2.75) is 68.5 Å². The lowest BCUT2D eigenvalue weighted by Crippen LogP contribution is -2.53. The smallest absolute Gasteiger partial charge is 0.202 e. The predicted molar refractivity (Wildman–Crippen MR) is 133 cm³/mol. The molecule has 39 heavy (non-hydrogen) atoms. The number of phenols is 2. The number of aromatic hydroxyl groups is 2. The fourth-order valence-electron chi connectivity index (χ4n) is 5.84. The Hall–Kier alpha value is -3.10. The number of aliphatic hydroxyl groups is 4. The van der Waals surface area contributed by atoms with Crippen molar-refractivity contribution in [3.8, 4) is 17.2 Å². The average molecular weight is 546 g/mol. The molecule has 1 saturated heterocycles. The molecule has 1 fully saturated rings. The van der Waals surface area contributed by atoms with Crippen LogP contribution in [-0.4, -0.2) is 92.2 Å². The quantitative estimate of drug-likeness (QED) is 0.208. The number of aliphatic hydroxyl groups excluding tert-OH is 3. The lowest BCUT2D eigenvalue weighted by molar-refractivity contribution is -0.251. The minimum atomic E-state index is -2.05. The molecular formula is C27H31NO11. The number of benzene rings is 2. The van der Waals surface area contributed by atoms with E-state index >= 15 is 0 Å². The molecule has 0 bridgehead atoms. The van der Waals surface area contributed by atoms with E-state index in [0.29, 0.717) is 0 Å².